The van der Waals surface area contributed by atoms with Gasteiger partial charge in [-0.15, -0.1) is 0 Å². The zero-order valence-corrected chi connectivity index (χ0v) is 15.3. The second-order valence-electron chi connectivity index (χ2n) is 7.21. The molecule has 3 atom stereocenters. The van der Waals surface area contributed by atoms with Gasteiger partial charge in [-0.25, -0.2) is 13.2 Å². The SMILES string of the molecule is CCC(=O)N[C@]1(C)C[C@@H](c2ccc(F)cc2)O[C@@H](c2ccc(F)c(F)c2)C1. The molecule has 0 bridgehead atoms. The Labute approximate surface area is 156 Å². The molecule has 0 spiro atoms. The van der Waals surface area contributed by atoms with Crippen molar-refractivity contribution in [1.29, 1.82) is 0 Å². The summed E-state index contributed by atoms with van der Waals surface area (Å²) < 4.78 is 46.4. The first kappa shape index (κ1) is 19.4. The fourth-order valence-electron chi connectivity index (χ4n) is 3.51. The summed E-state index contributed by atoms with van der Waals surface area (Å²) in [4.78, 5) is 12.0. The summed E-state index contributed by atoms with van der Waals surface area (Å²) in [5.74, 6) is -2.32. The van der Waals surface area contributed by atoms with Gasteiger partial charge in [-0.1, -0.05) is 25.1 Å². The first-order valence-electron chi connectivity index (χ1n) is 8.96. The van der Waals surface area contributed by atoms with Crippen molar-refractivity contribution in [3.05, 3.63) is 71.0 Å². The van der Waals surface area contributed by atoms with E-state index in [1.54, 1.807) is 19.1 Å². The summed E-state index contributed by atoms with van der Waals surface area (Å²) in [6.45, 7) is 3.68. The first-order chi connectivity index (χ1) is 12.8. The van der Waals surface area contributed by atoms with Crippen LogP contribution >= 0.6 is 0 Å². The maximum atomic E-state index is 13.7. The summed E-state index contributed by atoms with van der Waals surface area (Å²) in [6.07, 6.45) is 0.296. The van der Waals surface area contributed by atoms with Gasteiger partial charge in [0.1, 0.15) is 5.82 Å². The zero-order chi connectivity index (χ0) is 19.6. The minimum absolute atomic E-state index is 0.0960. The summed E-state index contributed by atoms with van der Waals surface area (Å²) in [5, 5.41) is 3.02. The number of rotatable bonds is 4. The van der Waals surface area contributed by atoms with Gasteiger partial charge in [0.15, 0.2) is 11.6 Å². The van der Waals surface area contributed by atoms with Crippen LogP contribution in [0.4, 0.5) is 13.2 Å². The minimum atomic E-state index is -0.945. The van der Waals surface area contributed by atoms with Crippen LogP contribution in [0.25, 0.3) is 0 Å². The van der Waals surface area contributed by atoms with Gasteiger partial charge < -0.3 is 10.1 Å². The number of hydrogen-bond donors (Lipinski definition) is 1. The van der Waals surface area contributed by atoms with Gasteiger partial charge in [-0.05, 0) is 42.3 Å². The normalized spacial score (nSPS) is 25.2. The molecular formula is C21H22F3NO2. The third-order valence-electron chi connectivity index (χ3n) is 4.92. The highest BCUT2D eigenvalue weighted by molar-refractivity contribution is 5.76. The third kappa shape index (κ3) is 4.50. The van der Waals surface area contributed by atoms with Crippen LogP contribution < -0.4 is 5.32 Å². The molecule has 1 fully saturated rings. The van der Waals surface area contributed by atoms with E-state index >= 15 is 0 Å². The largest absolute Gasteiger partial charge is 0.365 e. The molecule has 1 aliphatic heterocycles. The van der Waals surface area contributed by atoms with Gasteiger partial charge in [0.2, 0.25) is 5.91 Å². The molecule has 1 amide bonds. The number of nitrogens with one attached hydrogen (secondary N) is 1. The highest BCUT2D eigenvalue weighted by Gasteiger charge is 2.40. The van der Waals surface area contributed by atoms with Crippen LogP contribution in [0.2, 0.25) is 0 Å². The number of hydrogen-bond acceptors (Lipinski definition) is 2. The van der Waals surface area contributed by atoms with Crippen molar-refractivity contribution < 1.29 is 22.7 Å². The second kappa shape index (κ2) is 7.72. The Morgan fingerprint density at radius 3 is 2.22 bits per heavy atom. The zero-order valence-electron chi connectivity index (χ0n) is 15.3. The van der Waals surface area contributed by atoms with Crippen LogP contribution in [0.3, 0.4) is 0 Å². The van der Waals surface area contributed by atoms with Crippen LogP contribution in [-0.4, -0.2) is 11.4 Å². The molecule has 0 aromatic heterocycles. The van der Waals surface area contributed by atoms with E-state index < -0.39 is 29.4 Å². The lowest BCUT2D eigenvalue weighted by Crippen LogP contribution is -2.50. The molecule has 2 aromatic carbocycles. The van der Waals surface area contributed by atoms with E-state index in [-0.39, 0.29) is 11.7 Å². The molecule has 2 aromatic rings. The van der Waals surface area contributed by atoms with Crippen LogP contribution in [0.5, 0.6) is 0 Å². The molecule has 0 radical (unpaired) electrons. The molecule has 3 rings (SSSR count). The lowest BCUT2D eigenvalue weighted by Gasteiger charge is -2.43. The summed E-state index contributed by atoms with van der Waals surface area (Å²) in [6, 6.07) is 9.64. The summed E-state index contributed by atoms with van der Waals surface area (Å²) >= 11 is 0. The molecule has 1 heterocycles. The maximum absolute atomic E-state index is 13.7. The van der Waals surface area contributed by atoms with Gasteiger partial charge in [-0.3, -0.25) is 4.79 Å². The molecule has 27 heavy (non-hydrogen) atoms. The van der Waals surface area contributed by atoms with Gasteiger partial charge in [-0.2, -0.15) is 0 Å². The average molecular weight is 377 g/mol. The first-order valence-corrected chi connectivity index (χ1v) is 8.96. The van der Waals surface area contributed by atoms with E-state index in [1.807, 2.05) is 6.92 Å². The quantitative estimate of drug-likeness (QED) is 0.816. The molecule has 6 heteroatoms. The van der Waals surface area contributed by atoms with Crippen molar-refractivity contribution in [2.75, 3.05) is 0 Å². The van der Waals surface area contributed by atoms with E-state index in [0.29, 0.717) is 24.8 Å². The molecular weight excluding hydrogens is 355 g/mol. The molecule has 1 N–H and O–H groups in total. The molecule has 0 saturated carbocycles. The third-order valence-corrected chi connectivity index (χ3v) is 4.92. The van der Waals surface area contributed by atoms with E-state index in [2.05, 4.69) is 5.32 Å². The summed E-state index contributed by atoms with van der Waals surface area (Å²) in [7, 11) is 0. The van der Waals surface area contributed by atoms with Gasteiger partial charge >= 0.3 is 0 Å². The van der Waals surface area contributed by atoms with Crippen molar-refractivity contribution in [2.45, 2.75) is 50.9 Å². The molecule has 0 aliphatic carbocycles. The highest BCUT2D eigenvalue weighted by Crippen LogP contribution is 2.43. The Hall–Kier alpha value is -2.34. The number of halogens is 3. The predicted octanol–water partition coefficient (Wildman–Crippen LogP) is 4.98. The van der Waals surface area contributed by atoms with Crippen molar-refractivity contribution in [1.82, 2.24) is 5.32 Å². The fraction of sp³-hybridized carbons (Fsp3) is 0.381. The fourth-order valence-corrected chi connectivity index (χ4v) is 3.51. The van der Waals surface area contributed by atoms with Crippen molar-refractivity contribution in [2.24, 2.45) is 0 Å². The van der Waals surface area contributed by atoms with Crippen LogP contribution in [0, 0.1) is 17.5 Å². The number of amides is 1. The second-order valence-corrected chi connectivity index (χ2v) is 7.21. The number of benzene rings is 2. The molecule has 144 valence electrons. The Kier molecular flexibility index (Phi) is 5.56. The molecule has 1 saturated heterocycles. The smallest absolute Gasteiger partial charge is 0.220 e. The van der Waals surface area contributed by atoms with Crippen molar-refractivity contribution in [3.8, 4) is 0 Å². The van der Waals surface area contributed by atoms with Crippen molar-refractivity contribution in [3.63, 3.8) is 0 Å². The Bertz CT molecular complexity index is 825. The Morgan fingerprint density at radius 1 is 1.04 bits per heavy atom. The molecule has 1 aliphatic rings. The van der Waals surface area contributed by atoms with E-state index in [0.717, 1.165) is 17.7 Å². The van der Waals surface area contributed by atoms with Crippen LogP contribution in [0.1, 0.15) is 56.4 Å². The number of ether oxygens (including phenoxy) is 1. The van der Waals surface area contributed by atoms with E-state index in [9.17, 15) is 18.0 Å². The topological polar surface area (TPSA) is 38.3 Å². The molecule has 3 nitrogen and oxygen atoms in total. The highest BCUT2D eigenvalue weighted by atomic mass is 19.2. The Morgan fingerprint density at radius 2 is 1.63 bits per heavy atom. The van der Waals surface area contributed by atoms with Gasteiger partial charge in [0.25, 0.3) is 0 Å². The molecule has 0 unspecified atom stereocenters. The minimum Gasteiger partial charge on any atom is -0.365 e. The summed E-state index contributed by atoms with van der Waals surface area (Å²) in [5.41, 5.74) is 0.665. The van der Waals surface area contributed by atoms with E-state index in [4.69, 9.17) is 4.74 Å². The number of carbonyl (C=O) groups excluding carboxylic acids is 1. The Balaban J connectivity index is 1.93. The van der Waals surface area contributed by atoms with Gasteiger partial charge in [0, 0.05) is 24.8 Å². The van der Waals surface area contributed by atoms with Crippen LogP contribution in [-0.2, 0) is 9.53 Å². The lowest BCUT2D eigenvalue weighted by atomic mass is 9.81. The maximum Gasteiger partial charge on any atom is 0.220 e. The van der Waals surface area contributed by atoms with Crippen molar-refractivity contribution >= 4 is 5.91 Å². The predicted molar refractivity (Wildman–Crippen MR) is 95.4 cm³/mol. The van der Waals surface area contributed by atoms with Gasteiger partial charge in [0.05, 0.1) is 12.2 Å². The average Bonchev–Trinajstić information content (AvgIpc) is 2.63. The lowest BCUT2D eigenvalue weighted by molar-refractivity contribution is -0.128. The number of carbonyl (C=O) groups is 1. The monoisotopic (exact) mass is 377 g/mol. The van der Waals surface area contributed by atoms with Crippen LogP contribution in [0.15, 0.2) is 42.5 Å². The van der Waals surface area contributed by atoms with E-state index in [1.165, 1.54) is 18.2 Å². The standard InChI is InChI=1S/C21H22F3NO2/c1-3-20(26)25-21(2)11-18(13-4-7-15(22)8-5-13)27-19(12-21)14-6-9-16(23)17(24)10-14/h4-10,18-19H,3,11-12H2,1-2H3,(H,25,26)/t18-,19+,21+/m0/s1.